The molecule has 0 unspecified atom stereocenters. The van der Waals surface area contributed by atoms with Gasteiger partial charge in [0.25, 0.3) is 5.91 Å². The summed E-state index contributed by atoms with van der Waals surface area (Å²) in [6, 6.07) is 8.88. The highest BCUT2D eigenvalue weighted by atomic mass is 32.2. The van der Waals surface area contributed by atoms with E-state index in [0.29, 0.717) is 27.8 Å². The number of carbonyl (C=O) groups is 1. The first-order valence-corrected chi connectivity index (χ1v) is 7.42. The van der Waals surface area contributed by atoms with Crippen molar-refractivity contribution in [1.29, 1.82) is 5.26 Å². The molecule has 0 radical (unpaired) electrons. The Balaban J connectivity index is 2.39. The summed E-state index contributed by atoms with van der Waals surface area (Å²) in [5.74, 6) is -0.0530. The summed E-state index contributed by atoms with van der Waals surface area (Å²) in [6.45, 7) is 0. The van der Waals surface area contributed by atoms with E-state index in [0.717, 1.165) is 0 Å². The summed E-state index contributed by atoms with van der Waals surface area (Å²) in [6.07, 6.45) is 3.28. The zero-order valence-corrected chi connectivity index (χ0v) is 12.8. The third-order valence-corrected chi connectivity index (χ3v) is 3.25. The molecule has 0 aliphatic heterocycles. The fourth-order valence-electron chi connectivity index (χ4n) is 1.71. The van der Waals surface area contributed by atoms with Crippen molar-refractivity contribution in [3.8, 4) is 6.07 Å². The molecular weight excluding hydrogens is 302 g/mol. The Morgan fingerprint density at radius 1 is 1.41 bits per heavy atom. The molecule has 8 heteroatoms. The molecule has 0 spiro atoms. The number of nitrogens with zero attached hydrogens (tertiary/aromatic N) is 3. The number of para-hydroxylation sites is 1. The number of nitriles is 1. The molecule has 22 heavy (non-hydrogen) atoms. The number of aromatic nitrogens is 2. The van der Waals surface area contributed by atoms with Crippen LogP contribution in [0.4, 0.5) is 11.5 Å². The highest BCUT2D eigenvalue weighted by Gasteiger charge is 2.13. The lowest BCUT2D eigenvalue weighted by molar-refractivity contribution is 0.0538. The first-order chi connectivity index (χ1) is 10.7. The van der Waals surface area contributed by atoms with Gasteiger partial charge in [-0.1, -0.05) is 23.9 Å². The summed E-state index contributed by atoms with van der Waals surface area (Å²) in [4.78, 5) is 24.9. The summed E-state index contributed by atoms with van der Waals surface area (Å²) >= 11 is 1.36. The normalized spacial score (nSPS) is 9.86. The van der Waals surface area contributed by atoms with Gasteiger partial charge in [-0.05, 0) is 18.4 Å². The fraction of sp³-hybridized carbons (Fsp3) is 0.143. The van der Waals surface area contributed by atoms with Gasteiger partial charge in [0, 0.05) is 0 Å². The third kappa shape index (κ3) is 3.52. The first kappa shape index (κ1) is 15.8. The SMILES string of the molecule is CONC(=O)c1ccccc1Nc1nc(SC)ncc1C#N. The Kier molecular flexibility index (Phi) is 5.30. The third-order valence-electron chi connectivity index (χ3n) is 2.69. The van der Waals surface area contributed by atoms with Crippen molar-refractivity contribution >= 4 is 29.2 Å². The van der Waals surface area contributed by atoms with Gasteiger partial charge in [0.2, 0.25) is 0 Å². The number of nitrogens with one attached hydrogen (secondary N) is 2. The topological polar surface area (TPSA) is 99.9 Å². The van der Waals surface area contributed by atoms with Crippen molar-refractivity contribution < 1.29 is 9.63 Å². The Morgan fingerprint density at radius 2 is 2.18 bits per heavy atom. The minimum atomic E-state index is -0.400. The van der Waals surface area contributed by atoms with Crippen LogP contribution < -0.4 is 10.8 Å². The molecule has 1 amide bonds. The van der Waals surface area contributed by atoms with E-state index < -0.39 is 5.91 Å². The molecule has 0 fully saturated rings. The number of anilines is 2. The second-order valence-electron chi connectivity index (χ2n) is 4.04. The molecule has 2 rings (SSSR count). The Hall–Kier alpha value is -2.63. The summed E-state index contributed by atoms with van der Waals surface area (Å²) in [7, 11) is 1.36. The maximum atomic E-state index is 12.0. The van der Waals surface area contributed by atoms with Crippen molar-refractivity contribution in [3.05, 3.63) is 41.6 Å². The highest BCUT2D eigenvalue weighted by Crippen LogP contribution is 2.23. The van der Waals surface area contributed by atoms with E-state index in [-0.39, 0.29) is 0 Å². The molecule has 2 N–H and O–H groups in total. The minimum Gasteiger partial charge on any atom is -0.338 e. The van der Waals surface area contributed by atoms with Crippen LogP contribution in [-0.2, 0) is 4.84 Å². The van der Waals surface area contributed by atoms with Crippen LogP contribution in [0.2, 0.25) is 0 Å². The summed E-state index contributed by atoms with van der Waals surface area (Å²) in [5.41, 5.74) is 3.44. The van der Waals surface area contributed by atoms with Gasteiger partial charge >= 0.3 is 0 Å². The van der Waals surface area contributed by atoms with Crippen molar-refractivity contribution in [2.24, 2.45) is 0 Å². The van der Waals surface area contributed by atoms with Gasteiger partial charge in [-0.15, -0.1) is 0 Å². The number of rotatable bonds is 5. The number of hydrogen-bond acceptors (Lipinski definition) is 7. The smallest absolute Gasteiger partial charge is 0.276 e. The zero-order valence-electron chi connectivity index (χ0n) is 12.0. The van der Waals surface area contributed by atoms with E-state index in [1.165, 1.54) is 25.1 Å². The van der Waals surface area contributed by atoms with E-state index in [1.807, 2.05) is 12.3 Å². The van der Waals surface area contributed by atoms with E-state index in [9.17, 15) is 4.79 Å². The molecule has 0 atom stereocenters. The summed E-state index contributed by atoms with van der Waals surface area (Å²) < 4.78 is 0. The number of amides is 1. The molecular formula is C14H13N5O2S. The van der Waals surface area contributed by atoms with Crippen LogP contribution in [0.15, 0.2) is 35.6 Å². The molecule has 0 saturated carbocycles. The number of carbonyl (C=O) groups excluding carboxylic acids is 1. The average molecular weight is 315 g/mol. The lowest BCUT2D eigenvalue weighted by Gasteiger charge is -2.12. The molecule has 7 nitrogen and oxygen atoms in total. The van der Waals surface area contributed by atoms with Gasteiger partial charge in [-0.3, -0.25) is 9.63 Å². The standard InChI is InChI=1S/C14H13N5O2S/c1-21-19-13(20)10-5-3-4-6-11(10)17-12-9(7-15)8-16-14(18-12)22-2/h3-6,8H,1-2H3,(H,19,20)(H,16,17,18). The second kappa shape index (κ2) is 7.40. The number of benzene rings is 1. The molecule has 1 heterocycles. The average Bonchev–Trinajstić information content (AvgIpc) is 2.55. The van der Waals surface area contributed by atoms with Crippen LogP contribution in [0, 0.1) is 11.3 Å². The Labute approximate surface area is 131 Å². The van der Waals surface area contributed by atoms with E-state index >= 15 is 0 Å². The van der Waals surface area contributed by atoms with Crippen LogP contribution in [-0.4, -0.2) is 29.2 Å². The van der Waals surface area contributed by atoms with Gasteiger partial charge in [-0.2, -0.15) is 5.26 Å². The van der Waals surface area contributed by atoms with Crippen molar-refractivity contribution in [2.75, 3.05) is 18.7 Å². The number of hydrogen-bond donors (Lipinski definition) is 2. The van der Waals surface area contributed by atoms with Crippen LogP contribution in [0.1, 0.15) is 15.9 Å². The molecule has 2 aromatic rings. The fourth-order valence-corrected chi connectivity index (χ4v) is 2.05. The largest absolute Gasteiger partial charge is 0.338 e. The van der Waals surface area contributed by atoms with E-state index in [1.54, 1.807) is 24.3 Å². The first-order valence-electron chi connectivity index (χ1n) is 6.20. The lowest BCUT2D eigenvalue weighted by atomic mass is 10.1. The number of thioether (sulfide) groups is 1. The Morgan fingerprint density at radius 3 is 2.86 bits per heavy atom. The minimum absolute atomic E-state index is 0.291. The van der Waals surface area contributed by atoms with Crippen molar-refractivity contribution in [2.45, 2.75) is 5.16 Å². The summed E-state index contributed by atoms with van der Waals surface area (Å²) in [5, 5.41) is 12.7. The maximum absolute atomic E-state index is 12.0. The molecule has 0 aliphatic carbocycles. The monoisotopic (exact) mass is 315 g/mol. The number of hydroxylamine groups is 1. The second-order valence-corrected chi connectivity index (χ2v) is 4.81. The van der Waals surface area contributed by atoms with Gasteiger partial charge < -0.3 is 5.32 Å². The molecule has 112 valence electrons. The lowest BCUT2D eigenvalue weighted by Crippen LogP contribution is -2.22. The molecule has 1 aromatic carbocycles. The predicted molar refractivity (Wildman–Crippen MR) is 82.7 cm³/mol. The Bertz CT molecular complexity index is 729. The van der Waals surface area contributed by atoms with Crippen LogP contribution in [0.25, 0.3) is 0 Å². The molecule has 0 saturated heterocycles. The van der Waals surface area contributed by atoms with E-state index in [2.05, 4.69) is 25.6 Å². The molecule has 1 aromatic heterocycles. The molecule has 0 aliphatic rings. The van der Waals surface area contributed by atoms with Gasteiger partial charge in [-0.25, -0.2) is 15.4 Å². The van der Waals surface area contributed by atoms with Crippen molar-refractivity contribution in [3.63, 3.8) is 0 Å². The van der Waals surface area contributed by atoms with Crippen LogP contribution in [0.3, 0.4) is 0 Å². The van der Waals surface area contributed by atoms with Gasteiger partial charge in [0.15, 0.2) is 11.0 Å². The quantitative estimate of drug-likeness (QED) is 0.495. The van der Waals surface area contributed by atoms with Crippen LogP contribution >= 0.6 is 11.8 Å². The predicted octanol–water partition coefficient (Wildman–Crippen LogP) is 2.10. The maximum Gasteiger partial charge on any atom is 0.276 e. The zero-order chi connectivity index (χ0) is 15.9. The molecule has 0 bridgehead atoms. The van der Waals surface area contributed by atoms with Crippen molar-refractivity contribution in [1.82, 2.24) is 15.4 Å². The van der Waals surface area contributed by atoms with Gasteiger partial charge in [0.1, 0.15) is 11.6 Å². The van der Waals surface area contributed by atoms with Crippen LogP contribution in [0.5, 0.6) is 0 Å². The van der Waals surface area contributed by atoms with E-state index in [4.69, 9.17) is 5.26 Å². The van der Waals surface area contributed by atoms with Gasteiger partial charge in [0.05, 0.1) is 24.6 Å². The highest BCUT2D eigenvalue weighted by molar-refractivity contribution is 7.98.